The van der Waals surface area contributed by atoms with E-state index in [2.05, 4.69) is 67.1 Å². The fourth-order valence-electron chi connectivity index (χ4n) is 2.95. The summed E-state index contributed by atoms with van der Waals surface area (Å²) < 4.78 is 7.24. The van der Waals surface area contributed by atoms with Crippen molar-refractivity contribution >= 4 is 17.7 Å². The number of carbonyl (C=O) groups is 1. The van der Waals surface area contributed by atoms with Crippen molar-refractivity contribution in [1.82, 2.24) is 20.1 Å². The Balaban J connectivity index is 1.75. The van der Waals surface area contributed by atoms with Gasteiger partial charge in [-0.05, 0) is 30.0 Å². The highest BCUT2D eigenvalue weighted by molar-refractivity contribution is 8.00. The van der Waals surface area contributed by atoms with Gasteiger partial charge in [0.15, 0.2) is 11.0 Å². The van der Waals surface area contributed by atoms with Crippen LogP contribution in [0.1, 0.15) is 39.0 Å². The quantitative estimate of drug-likeness (QED) is 0.415. The summed E-state index contributed by atoms with van der Waals surface area (Å²) in [7, 11) is 0. The van der Waals surface area contributed by atoms with Gasteiger partial charge >= 0.3 is 0 Å². The van der Waals surface area contributed by atoms with Crippen LogP contribution in [0.15, 0.2) is 64.9 Å². The highest BCUT2D eigenvalue weighted by Crippen LogP contribution is 2.29. The summed E-state index contributed by atoms with van der Waals surface area (Å²) in [6.07, 6.45) is 3.40. The first-order valence-corrected chi connectivity index (χ1v) is 10.8. The maximum atomic E-state index is 12.5. The van der Waals surface area contributed by atoms with E-state index < -0.39 is 0 Å². The van der Waals surface area contributed by atoms with Crippen LogP contribution in [0.2, 0.25) is 0 Å². The summed E-state index contributed by atoms with van der Waals surface area (Å²) >= 11 is 1.38. The Morgan fingerprint density at radius 3 is 2.60 bits per heavy atom. The van der Waals surface area contributed by atoms with Crippen molar-refractivity contribution < 1.29 is 9.21 Å². The van der Waals surface area contributed by atoms with Gasteiger partial charge in [0.1, 0.15) is 5.76 Å². The lowest BCUT2D eigenvalue weighted by Crippen LogP contribution is -2.30. The number of carbonyl (C=O) groups excluding carboxylic acids is 1. The number of hydrogen-bond donors (Lipinski definition) is 1. The number of furan rings is 1. The van der Waals surface area contributed by atoms with Gasteiger partial charge in [-0.1, -0.05) is 62.9 Å². The van der Waals surface area contributed by atoms with Crippen molar-refractivity contribution in [3.05, 3.63) is 66.6 Å². The van der Waals surface area contributed by atoms with E-state index in [9.17, 15) is 4.79 Å². The van der Waals surface area contributed by atoms with Crippen molar-refractivity contribution in [1.29, 1.82) is 0 Å². The third-order valence-corrected chi connectivity index (χ3v) is 5.79. The Morgan fingerprint density at radius 1 is 1.27 bits per heavy atom. The molecule has 0 aliphatic carbocycles. The van der Waals surface area contributed by atoms with E-state index >= 15 is 0 Å². The van der Waals surface area contributed by atoms with Crippen LogP contribution in [0, 0.1) is 0 Å². The number of aromatic nitrogens is 3. The molecule has 1 N–H and O–H groups in total. The predicted molar refractivity (Wildman–Crippen MR) is 120 cm³/mol. The lowest BCUT2D eigenvalue weighted by atomic mass is 9.87. The summed E-state index contributed by atoms with van der Waals surface area (Å²) in [6.45, 7) is 13.2. The maximum Gasteiger partial charge on any atom is 0.233 e. The molecule has 0 aliphatic rings. The van der Waals surface area contributed by atoms with Crippen LogP contribution < -0.4 is 5.32 Å². The third kappa shape index (κ3) is 5.21. The van der Waals surface area contributed by atoms with E-state index in [4.69, 9.17) is 4.42 Å². The molecule has 0 spiro atoms. The number of amides is 1. The molecule has 2 heterocycles. The Hall–Kier alpha value is -2.80. The molecular weight excluding hydrogens is 396 g/mol. The number of nitrogens with one attached hydrogen (secondary N) is 1. The Labute approximate surface area is 181 Å². The fourth-order valence-corrected chi connectivity index (χ4v) is 3.83. The average molecular weight is 425 g/mol. The molecule has 0 radical (unpaired) electrons. The van der Waals surface area contributed by atoms with E-state index in [1.807, 2.05) is 23.6 Å². The maximum absolute atomic E-state index is 12.5. The molecule has 6 nitrogen and oxygen atoms in total. The zero-order chi connectivity index (χ0) is 21.7. The van der Waals surface area contributed by atoms with Gasteiger partial charge < -0.3 is 9.73 Å². The number of benzene rings is 1. The van der Waals surface area contributed by atoms with Crippen LogP contribution in [0.4, 0.5) is 0 Å². The van der Waals surface area contributed by atoms with Gasteiger partial charge in [0.25, 0.3) is 0 Å². The van der Waals surface area contributed by atoms with Crippen molar-refractivity contribution in [2.24, 2.45) is 0 Å². The summed E-state index contributed by atoms with van der Waals surface area (Å²) in [6, 6.07) is 12.0. The first kappa shape index (κ1) is 21.9. The molecule has 7 heteroatoms. The van der Waals surface area contributed by atoms with E-state index in [-0.39, 0.29) is 16.6 Å². The predicted octanol–water partition coefficient (Wildman–Crippen LogP) is 4.82. The standard InChI is InChI=1S/C23H28N4O2S/c1-6-13-27-20(17-9-11-18(12-10-17)23(3,4)5)25-26-22(27)30-16(2)21(28)24-15-19-8-7-14-29-19/h6-12,14,16H,1,13,15H2,2-5H3,(H,24,28)/t16-/m0/s1. The van der Waals surface area contributed by atoms with Gasteiger partial charge in [-0.2, -0.15) is 0 Å². The number of thioether (sulfide) groups is 1. The Morgan fingerprint density at radius 2 is 2.00 bits per heavy atom. The van der Waals surface area contributed by atoms with Crippen molar-refractivity contribution in [2.75, 3.05) is 0 Å². The van der Waals surface area contributed by atoms with Crippen LogP contribution in [0.3, 0.4) is 0 Å². The molecule has 0 saturated carbocycles. The highest BCUT2D eigenvalue weighted by Gasteiger charge is 2.21. The van der Waals surface area contributed by atoms with Gasteiger partial charge in [-0.3, -0.25) is 9.36 Å². The van der Waals surface area contributed by atoms with Crippen LogP contribution in [0.25, 0.3) is 11.4 Å². The van der Waals surface area contributed by atoms with Crippen molar-refractivity contribution in [3.63, 3.8) is 0 Å². The minimum Gasteiger partial charge on any atom is -0.467 e. The number of nitrogens with zero attached hydrogens (tertiary/aromatic N) is 3. The molecule has 30 heavy (non-hydrogen) atoms. The monoisotopic (exact) mass is 424 g/mol. The topological polar surface area (TPSA) is 73.0 Å². The van der Waals surface area contributed by atoms with E-state index in [1.165, 1.54) is 17.3 Å². The van der Waals surface area contributed by atoms with Gasteiger partial charge in [0.05, 0.1) is 18.1 Å². The summed E-state index contributed by atoms with van der Waals surface area (Å²) in [5.41, 5.74) is 2.34. The summed E-state index contributed by atoms with van der Waals surface area (Å²) in [5.74, 6) is 1.40. The van der Waals surface area contributed by atoms with Gasteiger partial charge in [0, 0.05) is 12.1 Å². The molecule has 158 valence electrons. The molecule has 0 bridgehead atoms. The second-order valence-corrected chi connectivity index (χ2v) is 9.40. The van der Waals surface area contributed by atoms with E-state index in [0.717, 1.165) is 17.1 Å². The lowest BCUT2D eigenvalue weighted by molar-refractivity contribution is -0.120. The molecule has 0 saturated heterocycles. The minimum absolute atomic E-state index is 0.0827. The first-order valence-electron chi connectivity index (χ1n) is 9.91. The smallest absolute Gasteiger partial charge is 0.233 e. The minimum atomic E-state index is -0.330. The van der Waals surface area contributed by atoms with E-state index in [1.54, 1.807) is 12.3 Å². The molecule has 1 atom stereocenters. The van der Waals surface area contributed by atoms with Crippen LogP contribution in [-0.2, 0) is 23.3 Å². The molecule has 1 amide bonds. The molecule has 3 aromatic rings. The second-order valence-electron chi connectivity index (χ2n) is 8.09. The summed E-state index contributed by atoms with van der Waals surface area (Å²) in [5, 5.41) is 12.0. The second kappa shape index (κ2) is 9.34. The number of allylic oxidation sites excluding steroid dienone is 1. The normalized spacial score (nSPS) is 12.5. The van der Waals surface area contributed by atoms with E-state index in [0.29, 0.717) is 18.2 Å². The lowest BCUT2D eigenvalue weighted by Gasteiger charge is -2.19. The molecule has 2 aromatic heterocycles. The summed E-state index contributed by atoms with van der Waals surface area (Å²) in [4.78, 5) is 12.5. The third-order valence-electron chi connectivity index (χ3n) is 4.71. The molecule has 0 unspecified atom stereocenters. The molecule has 0 fully saturated rings. The average Bonchev–Trinajstić information content (AvgIpc) is 3.36. The van der Waals surface area contributed by atoms with Crippen molar-refractivity contribution in [2.45, 2.75) is 56.6 Å². The van der Waals surface area contributed by atoms with Crippen LogP contribution in [-0.4, -0.2) is 25.9 Å². The van der Waals surface area contributed by atoms with Crippen LogP contribution >= 0.6 is 11.8 Å². The Kier molecular flexibility index (Phi) is 6.82. The molecule has 3 rings (SSSR count). The van der Waals surface area contributed by atoms with Gasteiger partial charge in [-0.15, -0.1) is 16.8 Å². The number of rotatable bonds is 8. The van der Waals surface area contributed by atoms with Crippen molar-refractivity contribution in [3.8, 4) is 11.4 Å². The molecular formula is C23H28N4O2S. The fraction of sp³-hybridized carbons (Fsp3) is 0.348. The highest BCUT2D eigenvalue weighted by atomic mass is 32.2. The van der Waals surface area contributed by atoms with Crippen LogP contribution in [0.5, 0.6) is 0 Å². The molecule has 0 aliphatic heterocycles. The zero-order valence-corrected chi connectivity index (χ0v) is 18.7. The Bertz CT molecular complexity index is 985. The van der Waals surface area contributed by atoms with Gasteiger partial charge in [0.2, 0.25) is 5.91 Å². The molecule has 1 aromatic carbocycles. The SMILES string of the molecule is C=CCn1c(S[C@@H](C)C(=O)NCc2ccco2)nnc1-c1ccc(C(C)(C)C)cc1. The van der Waals surface area contributed by atoms with Gasteiger partial charge in [-0.25, -0.2) is 0 Å². The number of hydrogen-bond acceptors (Lipinski definition) is 5. The largest absolute Gasteiger partial charge is 0.467 e. The zero-order valence-electron chi connectivity index (χ0n) is 17.9. The first-order chi connectivity index (χ1) is 14.3.